The molecule has 5 nitrogen and oxygen atoms in total. The molecule has 0 aromatic carbocycles. The zero-order valence-electron chi connectivity index (χ0n) is 9.47. The van der Waals surface area contributed by atoms with E-state index in [0.717, 1.165) is 0 Å². The van der Waals surface area contributed by atoms with Crippen LogP contribution in [0.5, 0.6) is 0 Å². The molecule has 1 N–H and O–H groups in total. The molecule has 2 aliphatic heterocycles. The Balaban J connectivity index is 2.15. The average Bonchev–Trinajstić information content (AvgIpc) is 2.57. The van der Waals surface area contributed by atoms with Gasteiger partial charge in [0.2, 0.25) is 0 Å². The van der Waals surface area contributed by atoms with Gasteiger partial charge in [0.25, 0.3) is 0 Å². The molecule has 2 rings (SSSR count). The van der Waals surface area contributed by atoms with Crippen molar-refractivity contribution in [3.63, 3.8) is 0 Å². The summed E-state index contributed by atoms with van der Waals surface area (Å²) in [7, 11) is 1.56. The average molecular weight is 218 g/mol. The summed E-state index contributed by atoms with van der Waals surface area (Å²) >= 11 is 0. The predicted octanol–water partition coefficient (Wildman–Crippen LogP) is 0.259. The third-order valence-corrected chi connectivity index (χ3v) is 2.75. The van der Waals surface area contributed by atoms with E-state index in [1.807, 2.05) is 13.8 Å². The normalized spacial score (nSPS) is 45.4. The van der Waals surface area contributed by atoms with Crippen LogP contribution >= 0.6 is 0 Å². The number of aliphatic hydroxyl groups is 1. The van der Waals surface area contributed by atoms with Gasteiger partial charge in [0.1, 0.15) is 18.3 Å². The fourth-order valence-electron chi connectivity index (χ4n) is 2.17. The Morgan fingerprint density at radius 1 is 1.27 bits per heavy atom. The quantitative estimate of drug-likeness (QED) is 0.720. The summed E-state index contributed by atoms with van der Waals surface area (Å²) in [5.74, 6) is -0.636. The van der Waals surface area contributed by atoms with Gasteiger partial charge in [0, 0.05) is 7.11 Å². The molecular formula is C10H18O5. The lowest BCUT2D eigenvalue weighted by atomic mass is 10.1. The van der Waals surface area contributed by atoms with Crippen molar-refractivity contribution in [1.29, 1.82) is 0 Å². The summed E-state index contributed by atoms with van der Waals surface area (Å²) in [5.41, 5.74) is 0. The van der Waals surface area contributed by atoms with E-state index in [9.17, 15) is 5.11 Å². The molecule has 0 amide bonds. The highest BCUT2D eigenvalue weighted by atomic mass is 16.8. The summed E-state index contributed by atoms with van der Waals surface area (Å²) in [4.78, 5) is 0. The molecule has 0 unspecified atom stereocenters. The number of rotatable bonds is 2. The highest BCUT2D eigenvalue weighted by Gasteiger charge is 2.56. The molecule has 5 heteroatoms. The van der Waals surface area contributed by atoms with Gasteiger partial charge in [-0.15, -0.1) is 0 Å². The highest BCUT2D eigenvalue weighted by molar-refractivity contribution is 4.96. The summed E-state index contributed by atoms with van der Waals surface area (Å²) in [6.45, 7) is 5.36. The maximum Gasteiger partial charge on any atom is 0.186 e. The first kappa shape index (κ1) is 11.3. The zero-order valence-corrected chi connectivity index (χ0v) is 9.47. The maximum atomic E-state index is 9.57. The Bertz CT molecular complexity index is 240. The van der Waals surface area contributed by atoms with Crippen LogP contribution in [0.15, 0.2) is 0 Å². The molecule has 0 bridgehead atoms. The Kier molecular flexibility index (Phi) is 2.77. The van der Waals surface area contributed by atoms with E-state index in [2.05, 4.69) is 0 Å². The van der Waals surface area contributed by atoms with Gasteiger partial charge in [-0.2, -0.15) is 0 Å². The number of hydrogen-bond acceptors (Lipinski definition) is 5. The van der Waals surface area contributed by atoms with Crippen LogP contribution in [0.25, 0.3) is 0 Å². The minimum atomic E-state index is -0.636. The summed E-state index contributed by atoms with van der Waals surface area (Å²) < 4.78 is 22.0. The number of methoxy groups -OCH3 is 1. The van der Waals surface area contributed by atoms with Crippen LogP contribution in [-0.2, 0) is 18.9 Å². The maximum absolute atomic E-state index is 9.57. The largest absolute Gasteiger partial charge is 0.391 e. The van der Waals surface area contributed by atoms with Gasteiger partial charge in [-0.3, -0.25) is 0 Å². The number of ether oxygens (including phenoxy) is 4. The Morgan fingerprint density at radius 3 is 2.40 bits per heavy atom. The molecule has 0 aromatic heterocycles. The van der Waals surface area contributed by atoms with Crippen molar-refractivity contribution in [2.75, 3.05) is 7.11 Å². The van der Waals surface area contributed by atoms with Crippen LogP contribution in [0.3, 0.4) is 0 Å². The van der Waals surface area contributed by atoms with Crippen LogP contribution in [-0.4, -0.2) is 48.7 Å². The van der Waals surface area contributed by atoms with Crippen molar-refractivity contribution in [1.82, 2.24) is 0 Å². The van der Waals surface area contributed by atoms with Crippen molar-refractivity contribution in [2.45, 2.75) is 57.3 Å². The number of hydrogen-bond donors (Lipinski definition) is 1. The van der Waals surface area contributed by atoms with E-state index in [1.165, 1.54) is 0 Å². The second-order valence-electron chi connectivity index (χ2n) is 4.51. The first-order valence-electron chi connectivity index (χ1n) is 5.16. The Morgan fingerprint density at radius 2 is 1.87 bits per heavy atom. The number of fused-ring (bicyclic) bond motifs is 1. The predicted molar refractivity (Wildman–Crippen MR) is 51.2 cm³/mol. The lowest BCUT2D eigenvalue weighted by molar-refractivity contribution is -0.235. The van der Waals surface area contributed by atoms with Crippen molar-refractivity contribution < 1.29 is 24.1 Å². The molecule has 88 valence electrons. The van der Waals surface area contributed by atoms with E-state index in [0.29, 0.717) is 0 Å². The zero-order chi connectivity index (χ0) is 11.2. The van der Waals surface area contributed by atoms with Gasteiger partial charge in [0.15, 0.2) is 12.1 Å². The first-order chi connectivity index (χ1) is 6.94. The molecule has 2 heterocycles. The van der Waals surface area contributed by atoms with E-state index in [-0.39, 0.29) is 18.3 Å². The third kappa shape index (κ3) is 1.90. The van der Waals surface area contributed by atoms with Crippen LogP contribution in [0.2, 0.25) is 0 Å². The van der Waals surface area contributed by atoms with Gasteiger partial charge < -0.3 is 24.1 Å². The van der Waals surface area contributed by atoms with E-state index in [4.69, 9.17) is 18.9 Å². The van der Waals surface area contributed by atoms with Crippen molar-refractivity contribution in [3.05, 3.63) is 0 Å². The highest BCUT2D eigenvalue weighted by Crippen LogP contribution is 2.39. The van der Waals surface area contributed by atoms with Gasteiger partial charge >= 0.3 is 0 Å². The summed E-state index contributed by atoms with van der Waals surface area (Å²) in [6, 6.07) is 0. The molecule has 2 aliphatic rings. The molecular weight excluding hydrogens is 200 g/mol. The van der Waals surface area contributed by atoms with Crippen LogP contribution in [0, 0.1) is 0 Å². The van der Waals surface area contributed by atoms with Crippen molar-refractivity contribution in [2.24, 2.45) is 0 Å². The molecule has 5 atom stereocenters. The molecule has 0 spiro atoms. The fraction of sp³-hybridized carbons (Fsp3) is 1.00. The molecule has 15 heavy (non-hydrogen) atoms. The van der Waals surface area contributed by atoms with E-state index < -0.39 is 18.2 Å². The lowest BCUT2D eigenvalue weighted by Crippen LogP contribution is -2.36. The standard InChI is InChI=1S/C10H18O5/c1-5(11)6-7-8(9(12-4)13-6)15-10(2,3)14-7/h5-9,11H,1-4H3/t5-,6-,7+,8+,9+/m0/s1. The van der Waals surface area contributed by atoms with Crippen molar-refractivity contribution in [3.8, 4) is 0 Å². The molecule has 0 saturated carbocycles. The molecule has 2 fully saturated rings. The lowest BCUT2D eigenvalue weighted by Gasteiger charge is -2.24. The van der Waals surface area contributed by atoms with Gasteiger partial charge in [-0.1, -0.05) is 0 Å². The Labute approximate surface area is 89.3 Å². The second-order valence-corrected chi connectivity index (χ2v) is 4.51. The molecule has 0 aromatic rings. The van der Waals surface area contributed by atoms with Gasteiger partial charge in [-0.25, -0.2) is 0 Å². The molecule has 2 saturated heterocycles. The number of aliphatic hydroxyl groups excluding tert-OH is 1. The van der Waals surface area contributed by atoms with Crippen LogP contribution < -0.4 is 0 Å². The first-order valence-corrected chi connectivity index (χ1v) is 5.16. The summed E-state index contributed by atoms with van der Waals surface area (Å²) in [5, 5.41) is 9.57. The monoisotopic (exact) mass is 218 g/mol. The topological polar surface area (TPSA) is 57.2 Å². The Hall–Kier alpha value is -0.200. The van der Waals surface area contributed by atoms with E-state index >= 15 is 0 Å². The smallest absolute Gasteiger partial charge is 0.186 e. The minimum Gasteiger partial charge on any atom is -0.391 e. The fourth-order valence-corrected chi connectivity index (χ4v) is 2.17. The van der Waals surface area contributed by atoms with Gasteiger partial charge in [-0.05, 0) is 20.8 Å². The molecule has 0 radical (unpaired) electrons. The van der Waals surface area contributed by atoms with Crippen molar-refractivity contribution >= 4 is 0 Å². The second kappa shape index (κ2) is 3.68. The van der Waals surface area contributed by atoms with E-state index in [1.54, 1.807) is 14.0 Å². The third-order valence-electron chi connectivity index (χ3n) is 2.75. The summed E-state index contributed by atoms with van der Waals surface area (Å²) in [6.07, 6.45) is -1.97. The van der Waals surface area contributed by atoms with Crippen LogP contribution in [0.4, 0.5) is 0 Å². The SMILES string of the molecule is CO[C@@H]1O[C@@H]([C@H](C)O)[C@H]2OC(C)(C)O[C@@H]12. The molecule has 0 aliphatic carbocycles. The van der Waals surface area contributed by atoms with Gasteiger partial charge in [0.05, 0.1) is 6.10 Å². The minimum absolute atomic E-state index is 0.259. The van der Waals surface area contributed by atoms with Crippen LogP contribution in [0.1, 0.15) is 20.8 Å².